The summed E-state index contributed by atoms with van der Waals surface area (Å²) < 4.78 is 5.15. The maximum absolute atomic E-state index is 5.15. The molecule has 0 saturated carbocycles. The van der Waals surface area contributed by atoms with Gasteiger partial charge in [0.25, 0.3) is 0 Å². The average Bonchev–Trinajstić information content (AvgIpc) is 2.54. The number of alkyl halides is 1. The zero-order valence-corrected chi connectivity index (χ0v) is 13.2. The molecule has 1 atom stereocenters. The largest absolute Gasteiger partial charge is 0.481 e. The zero-order chi connectivity index (χ0) is 14.7. The Labute approximate surface area is 132 Å². The Balaban J connectivity index is 1.91. The zero-order valence-electron chi connectivity index (χ0n) is 11.7. The van der Waals surface area contributed by atoms with Crippen LogP contribution in [0.3, 0.4) is 0 Å². The van der Waals surface area contributed by atoms with Crippen LogP contribution in [0.5, 0.6) is 5.88 Å². The fourth-order valence-electron chi connectivity index (χ4n) is 2.42. The first kappa shape index (κ1) is 14.0. The van der Waals surface area contributed by atoms with Crippen LogP contribution in [0.1, 0.15) is 16.1 Å². The first-order valence-corrected chi connectivity index (χ1v) is 7.66. The van der Waals surface area contributed by atoms with Gasteiger partial charge in [-0.15, -0.1) is 0 Å². The summed E-state index contributed by atoms with van der Waals surface area (Å²) in [6.07, 6.45) is 2.32. The molecule has 1 aromatic heterocycles. The van der Waals surface area contributed by atoms with E-state index in [1.807, 2.05) is 6.07 Å². The van der Waals surface area contributed by atoms with E-state index in [0.717, 1.165) is 12.1 Å². The molecule has 0 spiro atoms. The molecule has 0 aliphatic rings. The number of methoxy groups -OCH3 is 1. The summed E-state index contributed by atoms with van der Waals surface area (Å²) in [5.74, 6) is 0.595. The van der Waals surface area contributed by atoms with Crippen molar-refractivity contribution in [3.8, 4) is 5.88 Å². The van der Waals surface area contributed by atoms with Crippen LogP contribution in [0.15, 0.2) is 54.9 Å². The van der Waals surface area contributed by atoms with Crippen molar-refractivity contribution in [1.82, 2.24) is 9.97 Å². The lowest BCUT2D eigenvalue weighted by atomic mass is 10.00. The molecule has 0 fully saturated rings. The molecule has 2 aromatic carbocycles. The van der Waals surface area contributed by atoms with E-state index in [1.54, 1.807) is 7.11 Å². The van der Waals surface area contributed by atoms with Gasteiger partial charge in [0.05, 0.1) is 7.11 Å². The Morgan fingerprint density at radius 1 is 1.10 bits per heavy atom. The van der Waals surface area contributed by atoms with Gasteiger partial charge in [-0.05, 0) is 16.3 Å². The topological polar surface area (TPSA) is 35.0 Å². The highest BCUT2D eigenvalue weighted by Crippen LogP contribution is 2.32. The molecule has 1 heterocycles. The summed E-state index contributed by atoms with van der Waals surface area (Å²) in [5, 5.41) is 2.52. The molecule has 4 heteroatoms. The fourth-order valence-corrected chi connectivity index (χ4v) is 3.15. The normalized spacial score (nSPS) is 12.3. The highest BCUT2D eigenvalue weighted by atomic mass is 79.9. The van der Waals surface area contributed by atoms with E-state index >= 15 is 0 Å². The molecule has 0 saturated heterocycles. The number of benzene rings is 2. The molecule has 0 radical (unpaired) electrons. The SMILES string of the molecule is COc1cc(CC(Br)c2cccc3ccccc23)ncn1. The predicted octanol–water partition coefficient (Wildman–Crippen LogP) is 4.32. The molecule has 0 amide bonds. The Hall–Kier alpha value is -1.94. The van der Waals surface area contributed by atoms with E-state index in [9.17, 15) is 0 Å². The van der Waals surface area contributed by atoms with Crippen molar-refractivity contribution in [1.29, 1.82) is 0 Å². The number of aromatic nitrogens is 2. The Bertz CT molecular complexity index is 755. The highest BCUT2D eigenvalue weighted by Gasteiger charge is 2.13. The second kappa shape index (κ2) is 6.22. The molecule has 1 unspecified atom stereocenters. The maximum Gasteiger partial charge on any atom is 0.216 e. The van der Waals surface area contributed by atoms with Gasteiger partial charge in [0.15, 0.2) is 0 Å². The van der Waals surface area contributed by atoms with Crippen molar-refractivity contribution in [2.45, 2.75) is 11.2 Å². The maximum atomic E-state index is 5.15. The molecule has 3 rings (SSSR count). The molecule has 3 nitrogen and oxygen atoms in total. The van der Waals surface area contributed by atoms with Crippen molar-refractivity contribution in [2.75, 3.05) is 7.11 Å². The van der Waals surface area contributed by atoms with E-state index in [2.05, 4.69) is 68.4 Å². The van der Waals surface area contributed by atoms with E-state index in [4.69, 9.17) is 4.74 Å². The van der Waals surface area contributed by atoms with E-state index in [0.29, 0.717) is 5.88 Å². The molecular formula is C17H15BrN2O. The van der Waals surface area contributed by atoms with E-state index < -0.39 is 0 Å². The standard InChI is InChI=1S/C17H15BrN2O/c1-21-17-10-13(19-11-20-17)9-16(18)15-8-4-6-12-5-2-3-7-14(12)15/h2-8,10-11,16H,9H2,1H3. The molecule has 106 valence electrons. The lowest BCUT2D eigenvalue weighted by Gasteiger charge is -2.13. The van der Waals surface area contributed by atoms with Crippen molar-refractivity contribution >= 4 is 26.7 Å². The van der Waals surface area contributed by atoms with E-state index in [-0.39, 0.29) is 4.83 Å². The van der Waals surface area contributed by atoms with E-state index in [1.165, 1.54) is 22.7 Å². The van der Waals surface area contributed by atoms with Crippen molar-refractivity contribution in [2.24, 2.45) is 0 Å². The third-order valence-corrected chi connectivity index (χ3v) is 4.27. The minimum atomic E-state index is 0.197. The third kappa shape index (κ3) is 3.05. The number of ether oxygens (including phenoxy) is 1. The summed E-state index contributed by atoms with van der Waals surface area (Å²) >= 11 is 3.79. The van der Waals surface area contributed by atoms with Crippen LogP contribution < -0.4 is 4.74 Å². The monoisotopic (exact) mass is 342 g/mol. The lowest BCUT2D eigenvalue weighted by Crippen LogP contribution is -2.00. The molecule has 0 bridgehead atoms. The summed E-state index contributed by atoms with van der Waals surface area (Å²) in [4.78, 5) is 8.55. The number of halogens is 1. The predicted molar refractivity (Wildman–Crippen MR) is 87.9 cm³/mol. The fraction of sp³-hybridized carbons (Fsp3) is 0.176. The van der Waals surface area contributed by atoms with Gasteiger partial charge in [-0.1, -0.05) is 58.4 Å². The van der Waals surface area contributed by atoms with Gasteiger partial charge < -0.3 is 4.74 Å². The number of fused-ring (bicyclic) bond motifs is 1. The molecule has 3 aromatic rings. The molecular weight excluding hydrogens is 328 g/mol. The minimum Gasteiger partial charge on any atom is -0.481 e. The highest BCUT2D eigenvalue weighted by molar-refractivity contribution is 9.09. The van der Waals surface area contributed by atoms with Crippen LogP contribution in [-0.4, -0.2) is 17.1 Å². The molecule has 0 aliphatic heterocycles. The van der Waals surface area contributed by atoms with Gasteiger partial charge in [0.2, 0.25) is 5.88 Å². The van der Waals surface area contributed by atoms with Crippen molar-refractivity contribution in [3.63, 3.8) is 0 Å². The first-order chi connectivity index (χ1) is 10.3. The quantitative estimate of drug-likeness (QED) is 0.662. The third-order valence-electron chi connectivity index (χ3n) is 3.46. The van der Waals surface area contributed by atoms with Gasteiger partial charge in [-0.25, -0.2) is 9.97 Å². The van der Waals surface area contributed by atoms with Crippen LogP contribution in [0, 0.1) is 0 Å². The lowest BCUT2D eigenvalue weighted by molar-refractivity contribution is 0.396. The number of nitrogens with zero attached hydrogens (tertiary/aromatic N) is 2. The first-order valence-electron chi connectivity index (χ1n) is 6.74. The van der Waals surface area contributed by atoms with Gasteiger partial charge in [0, 0.05) is 23.0 Å². The smallest absolute Gasteiger partial charge is 0.216 e. The minimum absolute atomic E-state index is 0.197. The van der Waals surface area contributed by atoms with Crippen molar-refractivity contribution < 1.29 is 4.74 Å². The van der Waals surface area contributed by atoms with Gasteiger partial charge >= 0.3 is 0 Å². The summed E-state index contributed by atoms with van der Waals surface area (Å²) in [6.45, 7) is 0. The van der Waals surface area contributed by atoms with Crippen LogP contribution in [0.4, 0.5) is 0 Å². The average molecular weight is 343 g/mol. The summed E-state index contributed by atoms with van der Waals surface area (Å²) in [5.41, 5.74) is 2.22. The van der Waals surface area contributed by atoms with Gasteiger partial charge in [-0.3, -0.25) is 0 Å². The molecule has 0 N–H and O–H groups in total. The van der Waals surface area contributed by atoms with Crippen LogP contribution in [0.2, 0.25) is 0 Å². The number of hydrogen-bond donors (Lipinski definition) is 0. The second-order valence-corrected chi connectivity index (χ2v) is 5.90. The Kier molecular flexibility index (Phi) is 4.15. The Morgan fingerprint density at radius 2 is 1.90 bits per heavy atom. The summed E-state index contributed by atoms with van der Waals surface area (Å²) in [7, 11) is 1.61. The number of hydrogen-bond acceptors (Lipinski definition) is 3. The van der Waals surface area contributed by atoms with Crippen molar-refractivity contribution in [3.05, 3.63) is 66.1 Å². The van der Waals surface area contributed by atoms with Crippen LogP contribution in [0.25, 0.3) is 10.8 Å². The van der Waals surface area contributed by atoms with Gasteiger partial charge in [0.1, 0.15) is 6.33 Å². The molecule has 21 heavy (non-hydrogen) atoms. The van der Waals surface area contributed by atoms with Crippen LogP contribution >= 0.6 is 15.9 Å². The Morgan fingerprint density at radius 3 is 2.76 bits per heavy atom. The summed E-state index contributed by atoms with van der Waals surface area (Å²) in [6, 6.07) is 16.7. The molecule has 0 aliphatic carbocycles. The second-order valence-electron chi connectivity index (χ2n) is 4.79. The number of rotatable bonds is 4. The van der Waals surface area contributed by atoms with Crippen LogP contribution in [-0.2, 0) is 6.42 Å². The van der Waals surface area contributed by atoms with Gasteiger partial charge in [-0.2, -0.15) is 0 Å².